The number of nitrogens with one attached hydrogen (secondary N) is 1. The number of carbonyl (C=O) groups excluding carboxylic acids is 1. The first kappa shape index (κ1) is 13.0. The predicted octanol–water partition coefficient (Wildman–Crippen LogP) is 1.58. The summed E-state index contributed by atoms with van der Waals surface area (Å²) >= 11 is 0. The third kappa shape index (κ3) is 2.38. The molecule has 0 bridgehead atoms. The third-order valence-corrected chi connectivity index (χ3v) is 3.12. The Morgan fingerprint density at radius 3 is 2.71 bits per heavy atom. The van der Waals surface area contributed by atoms with Gasteiger partial charge in [0.25, 0.3) is 11.5 Å². The molecule has 0 radical (unpaired) electrons. The van der Waals surface area contributed by atoms with Crippen molar-refractivity contribution in [3.05, 3.63) is 64.7 Å². The van der Waals surface area contributed by atoms with Crippen LogP contribution in [0, 0.1) is 0 Å². The summed E-state index contributed by atoms with van der Waals surface area (Å²) in [5, 5.41) is 3.33. The lowest BCUT2D eigenvalue weighted by Gasteiger charge is -2.08. The van der Waals surface area contributed by atoms with Crippen molar-refractivity contribution in [1.29, 1.82) is 0 Å². The Morgan fingerprint density at radius 1 is 1.14 bits per heavy atom. The van der Waals surface area contributed by atoms with E-state index in [0.29, 0.717) is 11.5 Å². The van der Waals surface area contributed by atoms with E-state index in [1.165, 1.54) is 4.57 Å². The van der Waals surface area contributed by atoms with Crippen LogP contribution in [-0.4, -0.2) is 20.4 Å². The molecule has 0 atom stereocenters. The number of fused-ring (bicyclic) bond motifs is 1. The maximum absolute atomic E-state index is 12.3. The van der Waals surface area contributed by atoms with Crippen LogP contribution in [0.4, 0.5) is 5.82 Å². The lowest BCUT2D eigenvalue weighted by molar-refractivity contribution is 0.102. The van der Waals surface area contributed by atoms with Crippen molar-refractivity contribution in [3.63, 3.8) is 0 Å². The number of hydrogen-bond donors (Lipinski definition) is 1. The van der Waals surface area contributed by atoms with Crippen molar-refractivity contribution >= 4 is 22.8 Å². The maximum Gasteiger partial charge on any atom is 0.264 e. The van der Waals surface area contributed by atoms with Gasteiger partial charge in [0.2, 0.25) is 0 Å². The van der Waals surface area contributed by atoms with E-state index in [1.54, 1.807) is 55.8 Å². The molecule has 0 unspecified atom stereocenters. The molecule has 3 heterocycles. The highest BCUT2D eigenvalue weighted by atomic mass is 16.2. The summed E-state index contributed by atoms with van der Waals surface area (Å²) in [7, 11) is 1.59. The van der Waals surface area contributed by atoms with Gasteiger partial charge < -0.3 is 5.32 Å². The van der Waals surface area contributed by atoms with E-state index in [-0.39, 0.29) is 5.56 Å². The van der Waals surface area contributed by atoms with Crippen LogP contribution in [0.5, 0.6) is 0 Å². The number of hydrogen-bond acceptors (Lipinski definition) is 4. The summed E-state index contributed by atoms with van der Waals surface area (Å²) in [5.74, 6) is -0.0871. The van der Waals surface area contributed by atoms with Crippen LogP contribution >= 0.6 is 0 Å². The number of anilines is 1. The minimum absolute atomic E-state index is 0.0589. The first-order valence-corrected chi connectivity index (χ1v) is 6.34. The second kappa shape index (κ2) is 5.16. The highest BCUT2D eigenvalue weighted by Crippen LogP contribution is 2.11. The van der Waals surface area contributed by atoms with E-state index in [2.05, 4.69) is 15.3 Å². The summed E-state index contributed by atoms with van der Waals surface area (Å²) in [4.78, 5) is 32.7. The van der Waals surface area contributed by atoms with Gasteiger partial charge in [-0.2, -0.15) is 0 Å². The van der Waals surface area contributed by atoms with Gasteiger partial charge in [0.05, 0.1) is 0 Å². The molecule has 0 saturated carbocycles. The van der Waals surface area contributed by atoms with Crippen molar-refractivity contribution in [2.75, 3.05) is 5.32 Å². The number of aromatic nitrogens is 3. The molecule has 0 spiro atoms. The fraction of sp³-hybridized carbons (Fsp3) is 0.0667. The van der Waals surface area contributed by atoms with E-state index in [4.69, 9.17) is 0 Å². The monoisotopic (exact) mass is 280 g/mol. The molecule has 3 aromatic rings. The normalized spacial score (nSPS) is 10.5. The summed E-state index contributed by atoms with van der Waals surface area (Å²) in [6.07, 6.45) is 3.17. The summed E-state index contributed by atoms with van der Waals surface area (Å²) in [5.41, 5.74) is 0.204. The number of amides is 1. The van der Waals surface area contributed by atoms with Crippen molar-refractivity contribution in [2.45, 2.75) is 0 Å². The van der Waals surface area contributed by atoms with Gasteiger partial charge in [-0.15, -0.1) is 0 Å². The first-order chi connectivity index (χ1) is 10.2. The van der Waals surface area contributed by atoms with E-state index >= 15 is 0 Å². The topological polar surface area (TPSA) is 76.9 Å². The molecule has 3 rings (SSSR count). The smallest absolute Gasteiger partial charge is 0.264 e. The quantitative estimate of drug-likeness (QED) is 0.773. The molecule has 21 heavy (non-hydrogen) atoms. The molecule has 0 aliphatic heterocycles. The third-order valence-electron chi connectivity index (χ3n) is 3.12. The predicted molar refractivity (Wildman–Crippen MR) is 79.2 cm³/mol. The van der Waals surface area contributed by atoms with Crippen LogP contribution in [0.2, 0.25) is 0 Å². The Bertz CT molecular complexity index is 872. The first-order valence-electron chi connectivity index (χ1n) is 6.34. The molecule has 0 aliphatic rings. The van der Waals surface area contributed by atoms with E-state index < -0.39 is 11.5 Å². The molecule has 0 aliphatic carbocycles. The molecule has 0 fully saturated rings. The molecule has 1 amide bonds. The second-order valence-electron chi connectivity index (χ2n) is 4.51. The van der Waals surface area contributed by atoms with Gasteiger partial charge >= 0.3 is 0 Å². The number of carbonyl (C=O) groups is 1. The molecular formula is C15H12N4O2. The molecular weight excluding hydrogens is 268 g/mol. The Balaban J connectivity index is 2.06. The van der Waals surface area contributed by atoms with Crippen LogP contribution in [-0.2, 0) is 7.05 Å². The van der Waals surface area contributed by atoms with E-state index in [9.17, 15) is 9.59 Å². The van der Waals surface area contributed by atoms with Gasteiger partial charge in [-0.1, -0.05) is 6.07 Å². The van der Waals surface area contributed by atoms with Gasteiger partial charge in [-0.05, 0) is 30.3 Å². The van der Waals surface area contributed by atoms with Crippen LogP contribution in [0.3, 0.4) is 0 Å². The van der Waals surface area contributed by atoms with Gasteiger partial charge in [0, 0.05) is 24.8 Å². The second-order valence-corrected chi connectivity index (χ2v) is 4.51. The molecule has 3 aromatic heterocycles. The minimum atomic E-state index is -0.486. The largest absolute Gasteiger partial charge is 0.306 e. The lowest BCUT2D eigenvalue weighted by Crippen LogP contribution is -2.28. The average molecular weight is 280 g/mol. The van der Waals surface area contributed by atoms with E-state index in [1.807, 2.05) is 0 Å². The van der Waals surface area contributed by atoms with Gasteiger partial charge in [-0.3, -0.25) is 14.2 Å². The zero-order valence-corrected chi connectivity index (χ0v) is 11.3. The number of pyridine rings is 3. The van der Waals surface area contributed by atoms with Gasteiger partial charge in [0.15, 0.2) is 0 Å². The van der Waals surface area contributed by atoms with Crippen molar-refractivity contribution < 1.29 is 4.79 Å². The van der Waals surface area contributed by atoms with E-state index in [0.717, 1.165) is 5.39 Å². The maximum atomic E-state index is 12.3. The lowest BCUT2D eigenvalue weighted by atomic mass is 10.2. The summed E-state index contributed by atoms with van der Waals surface area (Å²) in [6, 6.07) is 10.3. The molecule has 1 N–H and O–H groups in total. The van der Waals surface area contributed by atoms with Crippen LogP contribution in [0.15, 0.2) is 53.6 Å². The molecule has 0 aromatic carbocycles. The summed E-state index contributed by atoms with van der Waals surface area (Å²) < 4.78 is 1.36. The summed E-state index contributed by atoms with van der Waals surface area (Å²) in [6.45, 7) is 0. The fourth-order valence-electron chi connectivity index (χ4n) is 2.08. The number of rotatable bonds is 2. The van der Waals surface area contributed by atoms with Crippen LogP contribution in [0.1, 0.15) is 10.4 Å². The van der Waals surface area contributed by atoms with Crippen LogP contribution < -0.4 is 10.9 Å². The molecule has 6 heteroatoms. The fourth-order valence-corrected chi connectivity index (χ4v) is 2.08. The Labute approximate surface area is 120 Å². The molecule has 104 valence electrons. The van der Waals surface area contributed by atoms with Crippen LogP contribution in [0.25, 0.3) is 11.0 Å². The Morgan fingerprint density at radius 2 is 1.95 bits per heavy atom. The minimum Gasteiger partial charge on any atom is -0.306 e. The number of nitrogens with zero attached hydrogens (tertiary/aromatic N) is 3. The highest BCUT2D eigenvalue weighted by Gasteiger charge is 2.15. The Kier molecular flexibility index (Phi) is 3.19. The van der Waals surface area contributed by atoms with Crippen molar-refractivity contribution in [2.24, 2.45) is 7.05 Å². The van der Waals surface area contributed by atoms with Gasteiger partial charge in [0.1, 0.15) is 17.0 Å². The Hall–Kier alpha value is -3.02. The molecule has 0 saturated heterocycles. The zero-order chi connectivity index (χ0) is 14.8. The van der Waals surface area contributed by atoms with Gasteiger partial charge in [-0.25, -0.2) is 9.97 Å². The average Bonchev–Trinajstić information content (AvgIpc) is 2.52. The standard InChI is InChI=1S/C15H12N4O2/c1-19-13-10(5-4-8-17-13)9-11(15(19)21)14(20)18-12-6-2-3-7-16-12/h2-9H,1H3,(H,16,18,20). The van der Waals surface area contributed by atoms with Crippen molar-refractivity contribution in [1.82, 2.24) is 14.5 Å². The highest BCUT2D eigenvalue weighted by molar-refractivity contribution is 6.05. The SMILES string of the molecule is Cn1c(=O)c(C(=O)Nc2ccccn2)cc2cccnc21. The zero-order valence-electron chi connectivity index (χ0n) is 11.3. The molecule has 6 nitrogen and oxygen atoms in total. The number of aryl methyl sites for hydroxylation is 1. The van der Waals surface area contributed by atoms with Crippen molar-refractivity contribution in [3.8, 4) is 0 Å².